The zero-order chi connectivity index (χ0) is 13.4. The summed E-state index contributed by atoms with van der Waals surface area (Å²) in [7, 11) is 0. The third-order valence-electron chi connectivity index (χ3n) is 2.45. The number of ether oxygens (including phenoxy) is 1. The molecular formula is C13H18Cl3NO. The summed E-state index contributed by atoms with van der Waals surface area (Å²) in [5, 5.41) is 5.02. The number of hydrogen-bond donors (Lipinski definition) is 1. The van der Waals surface area contributed by atoms with E-state index in [-0.39, 0.29) is 0 Å². The summed E-state index contributed by atoms with van der Waals surface area (Å²) >= 11 is 18.0. The Labute approximate surface area is 124 Å². The van der Waals surface area contributed by atoms with Crippen molar-refractivity contribution in [2.75, 3.05) is 26.3 Å². The standard InChI is InChI=1S/C13H18Cl3NO/c1-2-4-17-5-7-18-6-3-11-12(15)8-10(14)9-13(11)16/h8-9,17H,2-7H2,1H3. The maximum absolute atomic E-state index is 6.08. The van der Waals surface area contributed by atoms with E-state index in [9.17, 15) is 0 Å². The molecule has 0 amide bonds. The molecule has 1 aromatic carbocycles. The lowest BCUT2D eigenvalue weighted by atomic mass is 10.1. The van der Waals surface area contributed by atoms with Crippen LogP contribution in [0.1, 0.15) is 18.9 Å². The SMILES string of the molecule is CCCNCCOCCc1c(Cl)cc(Cl)cc1Cl. The Morgan fingerprint density at radius 1 is 1.06 bits per heavy atom. The van der Waals surface area contributed by atoms with Crippen molar-refractivity contribution < 1.29 is 4.74 Å². The average molecular weight is 311 g/mol. The van der Waals surface area contributed by atoms with Gasteiger partial charge < -0.3 is 10.1 Å². The number of nitrogens with one attached hydrogen (secondary N) is 1. The van der Waals surface area contributed by atoms with E-state index < -0.39 is 0 Å². The third kappa shape index (κ3) is 5.77. The Morgan fingerprint density at radius 3 is 2.33 bits per heavy atom. The lowest BCUT2D eigenvalue weighted by Crippen LogP contribution is -2.20. The molecule has 0 fully saturated rings. The second-order valence-electron chi connectivity index (χ2n) is 3.96. The van der Waals surface area contributed by atoms with E-state index in [4.69, 9.17) is 39.5 Å². The van der Waals surface area contributed by atoms with Gasteiger partial charge in [0.05, 0.1) is 13.2 Å². The molecule has 0 heterocycles. The molecule has 1 N–H and O–H groups in total. The van der Waals surface area contributed by atoms with Crippen molar-refractivity contribution in [3.8, 4) is 0 Å². The summed E-state index contributed by atoms with van der Waals surface area (Å²) in [5.41, 5.74) is 0.893. The lowest BCUT2D eigenvalue weighted by Gasteiger charge is -2.09. The highest BCUT2D eigenvalue weighted by molar-refractivity contribution is 6.39. The van der Waals surface area contributed by atoms with Crippen molar-refractivity contribution in [1.82, 2.24) is 5.32 Å². The van der Waals surface area contributed by atoms with Crippen molar-refractivity contribution in [2.24, 2.45) is 0 Å². The predicted octanol–water partition coefficient (Wildman–Crippen LogP) is 4.21. The molecule has 0 atom stereocenters. The first kappa shape index (κ1) is 16.1. The number of rotatable bonds is 8. The average Bonchev–Trinajstić information content (AvgIpc) is 2.30. The van der Waals surface area contributed by atoms with Crippen LogP contribution in [0.3, 0.4) is 0 Å². The van der Waals surface area contributed by atoms with Gasteiger partial charge in [-0.15, -0.1) is 0 Å². The Kier molecular flexibility index (Phi) is 8.03. The second-order valence-corrected chi connectivity index (χ2v) is 5.21. The minimum atomic E-state index is 0.554. The molecule has 0 saturated heterocycles. The van der Waals surface area contributed by atoms with E-state index in [2.05, 4.69) is 12.2 Å². The van der Waals surface area contributed by atoms with Crippen molar-refractivity contribution in [2.45, 2.75) is 19.8 Å². The molecule has 0 aliphatic heterocycles. The van der Waals surface area contributed by atoms with Crippen LogP contribution in [0.2, 0.25) is 15.1 Å². The summed E-state index contributed by atoms with van der Waals surface area (Å²) in [6.07, 6.45) is 1.83. The minimum absolute atomic E-state index is 0.554. The highest BCUT2D eigenvalue weighted by atomic mass is 35.5. The maximum Gasteiger partial charge on any atom is 0.0591 e. The molecule has 0 spiro atoms. The first-order chi connectivity index (χ1) is 8.65. The van der Waals surface area contributed by atoms with Gasteiger partial charge in [-0.25, -0.2) is 0 Å². The quantitative estimate of drug-likeness (QED) is 0.726. The van der Waals surface area contributed by atoms with Gasteiger partial charge in [-0.3, -0.25) is 0 Å². The maximum atomic E-state index is 6.08. The van der Waals surface area contributed by atoms with Gasteiger partial charge in [0.25, 0.3) is 0 Å². The highest BCUT2D eigenvalue weighted by Gasteiger charge is 2.07. The van der Waals surface area contributed by atoms with E-state index in [0.29, 0.717) is 34.7 Å². The van der Waals surface area contributed by atoms with Gasteiger partial charge in [0.1, 0.15) is 0 Å². The predicted molar refractivity (Wildman–Crippen MR) is 79.2 cm³/mol. The van der Waals surface area contributed by atoms with Gasteiger partial charge in [0, 0.05) is 21.6 Å². The normalized spacial score (nSPS) is 10.9. The highest BCUT2D eigenvalue weighted by Crippen LogP contribution is 2.29. The fourth-order valence-corrected chi connectivity index (χ4v) is 2.54. The molecule has 0 aliphatic carbocycles. The molecule has 0 radical (unpaired) electrons. The number of hydrogen-bond acceptors (Lipinski definition) is 2. The van der Waals surface area contributed by atoms with Crippen LogP contribution in [-0.4, -0.2) is 26.3 Å². The molecule has 0 aromatic heterocycles. The molecule has 0 unspecified atom stereocenters. The molecule has 0 aliphatic rings. The van der Waals surface area contributed by atoms with E-state index in [1.165, 1.54) is 0 Å². The van der Waals surface area contributed by atoms with E-state index in [1.807, 2.05) is 0 Å². The van der Waals surface area contributed by atoms with Crippen LogP contribution < -0.4 is 5.32 Å². The van der Waals surface area contributed by atoms with Crippen molar-refractivity contribution in [3.63, 3.8) is 0 Å². The summed E-state index contributed by atoms with van der Waals surface area (Å²) < 4.78 is 5.51. The Hall–Kier alpha value is 0.01000. The van der Waals surface area contributed by atoms with Crippen LogP contribution in [0.4, 0.5) is 0 Å². The van der Waals surface area contributed by atoms with Gasteiger partial charge in [0.2, 0.25) is 0 Å². The van der Waals surface area contributed by atoms with Crippen LogP contribution in [0.5, 0.6) is 0 Å². The van der Waals surface area contributed by atoms with Crippen molar-refractivity contribution in [1.29, 1.82) is 0 Å². The summed E-state index contributed by atoms with van der Waals surface area (Å²) in [4.78, 5) is 0. The molecule has 102 valence electrons. The first-order valence-electron chi connectivity index (χ1n) is 6.07. The molecule has 18 heavy (non-hydrogen) atoms. The van der Waals surface area contributed by atoms with Gasteiger partial charge in [-0.2, -0.15) is 0 Å². The Bertz CT molecular complexity index is 348. The van der Waals surface area contributed by atoms with E-state index >= 15 is 0 Å². The van der Waals surface area contributed by atoms with Crippen molar-refractivity contribution >= 4 is 34.8 Å². The van der Waals surface area contributed by atoms with Crippen LogP contribution >= 0.6 is 34.8 Å². The Morgan fingerprint density at radius 2 is 1.72 bits per heavy atom. The Balaban J connectivity index is 2.27. The summed E-state index contributed by atoms with van der Waals surface area (Å²) in [6, 6.07) is 3.40. The molecule has 2 nitrogen and oxygen atoms in total. The number of benzene rings is 1. The summed E-state index contributed by atoms with van der Waals surface area (Å²) in [5.74, 6) is 0. The largest absolute Gasteiger partial charge is 0.380 e. The van der Waals surface area contributed by atoms with E-state index in [1.54, 1.807) is 12.1 Å². The van der Waals surface area contributed by atoms with Crippen LogP contribution in [0.15, 0.2) is 12.1 Å². The zero-order valence-electron chi connectivity index (χ0n) is 10.4. The topological polar surface area (TPSA) is 21.3 Å². The monoisotopic (exact) mass is 309 g/mol. The molecule has 0 saturated carbocycles. The fraction of sp³-hybridized carbons (Fsp3) is 0.538. The molecule has 0 bridgehead atoms. The first-order valence-corrected chi connectivity index (χ1v) is 7.20. The smallest absolute Gasteiger partial charge is 0.0591 e. The minimum Gasteiger partial charge on any atom is -0.380 e. The second kappa shape index (κ2) is 9.00. The molecule has 5 heteroatoms. The molecular weight excluding hydrogens is 293 g/mol. The zero-order valence-corrected chi connectivity index (χ0v) is 12.7. The van der Waals surface area contributed by atoms with Crippen LogP contribution in [0.25, 0.3) is 0 Å². The lowest BCUT2D eigenvalue weighted by molar-refractivity contribution is 0.139. The van der Waals surface area contributed by atoms with Gasteiger partial charge >= 0.3 is 0 Å². The van der Waals surface area contributed by atoms with Gasteiger partial charge in [-0.05, 0) is 37.1 Å². The number of halogens is 3. The van der Waals surface area contributed by atoms with Gasteiger partial charge in [-0.1, -0.05) is 41.7 Å². The van der Waals surface area contributed by atoms with Crippen LogP contribution in [0, 0.1) is 0 Å². The van der Waals surface area contributed by atoms with Crippen molar-refractivity contribution in [3.05, 3.63) is 32.8 Å². The summed E-state index contributed by atoms with van der Waals surface area (Å²) in [6.45, 7) is 5.34. The van der Waals surface area contributed by atoms with Gasteiger partial charge in [0.15, 0.2) is 0 Å². The molecule has 1 rings (SSSR count). The van der Waals surface area contributed by atoms with Crippen LogP contribution in [-0.2, 0) is 11.2 Å². The fourth-order valence-electron chi connectivity index (χ4n) is 1.53. The third-order valence-corrected chi connectivity index (χ3v) is 3.34. The van der Waals surface area contributed by atoms with E-state index in [0.717, 1.165) is 25.1 Å². The molecule has 1 aromatic rings.